The van der Waals surface area contributed by atoms with Crippen molar-refractivity contribution in [3.05, 3.63) is 76.8 Å². The van der Waals surface area contributed by atoms with Gasteiger partial charge in [0.05, 0.1) is 19.3 Å². The van der Waals surface area contributed by atoms with Gasteiger partial charge in [-0.2, -0.15) is 0 Å². The second-order valence-corrected chi connectivity index (χ2v) is 8.01. The summed E-state index contributed by atoms with van der Waals surface area (Å²) in [4.78, 5) is 19.6. The molecule has 1 aliphatic rings. The van der Waals surface area contributed by atoms with Crippen molar-refractivity contribution in [2.45, 2.75) is 13.0 Å². The Morgan fingerprint density at radius 3 is 2.52 bits per heavy atom. The van der Waals surface area contributed by atoms with E-state index in [1.807, 2.05) is 54.8 Å². The molecule has 1 aliphatic heterocycles. The minimum atomic E-state index is -0.0546. The highest BCUT2D eigenvalue weighted by Gasteiger charge is 2.23. The summed E-state index contributed by atoms with van der Waals surface area (Å²) in [5.74, 6) is -0.0546. The zero-order chi connectivity index (χ0) is 20.1. The third kappa shape index (κ3) is 4.90. The smallest absolute Gasteiger partial charge is 0.251 e. The van der Waals surface area contributed by atoms with Crippen molar-refractivity contribution in [2.24, 2.45) is 0 Å². The number of thiazole rings is 1. The second-order valence-electron chi connectivity index (χ2n) is 7.16. The molecule has 1 saturated heterocycles. The van der Waals surface area contributed by atoms with Gasteiger partial charge in [0.2, 0.25) is 0 Å². The Bertz CT molecular complexity index is 934. The molecule has 1 aromatic heterocycles. The summed E-state index contributed by atoms with van der Waals surface area (Å²) in [6.45, 7) is 5.76. The minimum Gasteiger partial charge on any atom is -0.379 e. The molecule has 29 heavy (non-hydrogen) atoms. The number of benzene rings is 2. The van der Waals surface area contributed by atoms with Crippen molar-refractivity contribution in [3.8, 4) is 10.6 Å². The monoisotopic (exact) mass is 407 g/mol. The summed E-state index contributed by atoms with van der Waals surface area (Å²) in [6.07, 6.45) is 0. The molecule has 0 saturated carbocycles. The van der Waals surface area contributed by atoms with Crippen LogP contribution in [0.15, 0.2) is 60.0 Å². The summed E-state index contributed by atoms with van der Waals surface area (Å²) < 4.78 is 5.50. The first-order chi connectivity index (χ1) is 14.2. The molecule has 4 rings (SSSR count). The van der Waals surface area contributed by atoms with E-state index in [1.165, 1.54) is 5.56 Å². The number of carbonyl (C=O) groups is 1. The van der Waals surface area contributed by atoms with Crippen LogP contribution in [0.25, 0.3) is 10.6 Å². The summed E-state index contributed by atoms with van der Waals surface area (Å²) in [5, 5.41) is 6.13. The lowest BCUT2D eigenvalue weighted by atomic mass is 10.0. The molecule has 2 heterocycles. The lowest BCUT2D eigenvalue weighted by molar-refractivity contribution is 0.0162. The van der Waals surface area contributed by atoms with Crippen LogP contribution in [0.2, 0.25) is 0 Å². The maximum atomic E-state index is 12.7. The van der Waals surface area contributed by atoms with Crippen LogP contribution in [0.5, 0.6) is 0 Å². The fourth-order valence-electron chi connectivity index (χ4n) is 3.56. The van der Waals surface area contributed by atoms with Gasteiger partial charge < -0.3 is 10.1 Å². The summed E-state index contributed by atoms with van der Waals surface area (Å²) in [7, 11) is 0. The molecule has 0 spiro atoms. The quantitative estimate of drug-likeness (QED) is 0.673. The molecule has 150 valence electrons. The molecular formula is C23H25N3O2S. The first-order valence-corrected chi connectivity index (χ1v) is 10.8. The van der Waals surface area contributed by atoms with Crippen molar-refractivity contribution < 1.29 is 9.53 Å². The van der Waals surface area contributed by atoms with Crippen molar-refractivity contribution in [1.29, 1.82) is 0 Å². The number of aryl methyl sites for hydroxylation is 1. The number of nitrogens with zero attached hydrogens (tertiary/aromatic N) is 2. The van der Waals surface area contributed by atoms with E-state index < -0.39 is 0 Å². The van der Waals surface area contributed by atoms with Crippen molar-refractivity contribution in [1.82, 2.24) is 15.2 Å². The van der Waals surface area contributed by atoms with Crippen LogP contribution >= 0.6 is 11.3 Å². The fourth-order valence-corrected chi connectivity index (χ4v) is 4.37. The molecule has 3 aromatic rings. The van der Waals surface area contributed by atoms with E-state index in [1.54, 1.807) is 11.3 Å². The van der Waals surface area contributed by atoms with Gasteiger partial charge in [-0.25, -0.2) is 4.98 Å². The van der Waals surface area contributed by atoms with Gasteiger partial charge >= 0.3 is 0 Å². The molecule has 1 atom stereocenters. The first kappa shape index (κ1) is 19.8. The van der Waals surface area contributed by atoms with E-state index in [9.17, 15) is 4.79 Å². The van der Waals surface area contributed by atoms with Gasteiger partial charge in [-0.1, -0.05) is 42.5 Å². The van der Waals surface area contributed by atoms with Gasteiger partial charge in [0.25, 0.3) is 5.91 Å². The van der Waals surface area contributed by atoms with Gasteiger partial charge in [-0.05, 0) is 24.6 Å². The molecule has 1 unspecified atom stereocenters. The lowest BCUT2D eigenvalue weighted by Crippen LogP contribution is -2.43. The van der Waals surface area contributed by atoms with Crippen LogP contribution < -0.4 is 5.32 Å². The van der Waals surface area contributed by atoms with E-state index >= 15 is 0 Å². The second kappa shape index (κ2) is 9.31. The highest BCUT2D eigenvalue weighted by Crippen LogP contribution is 2.24. The van der Waals surface area contributed by atoms with Gasteiger partial charge in [-0.15, -0.1) is 11.3 Å². The van der Waals surface area contributed by atoms with Crippen LogP contribution in [0, 0.1) is 6.92 Å². The highest BCUT2D eigenvalue weighted by atomic mass is 32.1. The molecule has 1 amide bonds. The van der Waals surface area contributed by atoms with Gasteiger partial charge in [0.15, 0.2) is 0 Å². The molecule has 5 nitrogen and oxygen atoms in total. The summed E-state index contributed by atoms with van der Waals surface area (Å²) in [5.41, 5.74) is 3.93. The van der Waals surface area contributed by atoms with Gasteiger partial charge in [0, 0.05) is 41.8 Å². The molecule has 2 aromatic carbocycles. The van der Waals surface area contributed by atoms with E-state index in [2.05, 4.69) is 27.3 Å². The number of hydrogen-bond donors (Lipinski definition) is 1. The number of amides is 1. The highest BCUT2D eigenvalue weighted by molar-refractivity contribution is 7.13. The predicted octanol–water partition coefficient (Wildman–Crippen LogP) is 3.92. The molecular weight excluding hydrogens is 382 g/mol. The number of ether oxygens (including phenoxy) is 1. The number of aromatic nitrogens is 1. The Labute approximate surface area is 175 Å². The molecule has 6 heteroatoms. The van der Waals surface area contributed by atoms with E-state index in [0.29, 0.717) is 12.1 Å². The Kier molecular flexibility index (Phi) is 6.34. The Hall–Kier alpha value is -2.54. The van der Waals surface area contributed by atoms with Crippen LogP contribution in [0.4, 0.5) is 0 Å². The number of nitrogens with one attached hydrogen (secondary N) is 1. The fraction of sp³-hybridized carbons (Fsp3) is 0.304. The normalized spacial score (nSPS) is 15.8. The SMILES string of the molecule is Cc1csc(-c2ccc(C(=O)NCC(c3ccccc3)N3CCOCC3)cc2)n1. The number of hydrogen-bond acceptors (Lipinski definition) is 5. The minimum absolute atomic E-state index is 0.0546. The van der Waals surface area contributed by atoms with Crippen LogP contribution in [0.1, 0.15) is 27.7 Å². The lowest BCUT2D eigenvalue weighted by Gasteiger charge is -2.35. The van der Waals surface area contributed by atoms with Crippen LogP contribution in [0.3, 0.4) is 0 Å². The van der Waals surface area contributed by atoms with Crippen molar-refractivity contribution >= 4 is 17.2 Å². The molecule has 1 fully saturated rings. The number of rotatable bonds is 6. The van der Waals surface area contributed by atoms with E-state index in [4.69, 9.17) is 4.74 Å². The van der Waals surface area contributed by atoms with E-state index in [-0.39, 0.29) is 11.9 Å². The predicted molar refractivity (Wildman–Crippen MR) is 116 cm³/mol. The average molecular weight is 408 g/mol. The zero-order valence-corrected chi connectivity index (χ0v) is 17.3. The van der Waals surface area contributed by atoms with Crippen LogP contribution in [-0.2, 0) is 4.74 Å². The van der Waals surface area contributed by atoms with Crippen molar-refractivity contribution in [3.63, 3.8) is 0 Å². The first-order valence-electron chi connectivity index (χ1n) is 9.88. The number of carbonyl (C=O) groups excluding carboxylic acids is 1. The molecule has 0 bridgehead atoms. The molecule has 0 radical (unpaired) electrons. The van der Waals surface area contributed by atoms with Crippen molar-refractivity contribution in [2.75, 3.05) is 32.8 Å². The van der Waals surface area contributed by atoms with Gasteiger partial charge in [0.1, 0.15) is 5.01 Å². The molecule has 1 N–H and O–H groups in total. The summed E-state index contributed by atoms with van der Waals surface area (Å²) >= 11 is 1.62. The maximum Gasteiger partial charge on any atom is 0.251 e. The Morgan fingerprint density at radius 1 is 1.14 bits per heavy atom. The zero-order valence-electron chi connectivity index (χ0n) is 16.5. The number of morpholine rings is 1. The third-order valence-corrected chi connectivity index (χ3v) is 6.15. The Balaban J connectivity index is 1.43. The van der Waals surface area contributed by atoms with E-state index in [0.717, 1.165) is 42.6 Å². The van der Waals surface area contributed by atoms with Crippen LogP contribution in [-0.4, -0.2) is 48.6 Å². The average Bonchev–Trinajstić information content (AvgIpc) is 3.22. The molecule has 0 aliphatic carbocycles. The largest absolute Gasteiger partial charge is 0.379 e. The standard InChI is InChI=1S/C23H25N3O2S/c1-17-16-29-23(25-17)20-9-7-19(8-10-20)22(27)24-15-21(18-5-3-2-4-6-18)26-11-13-28-14-12-26/h2-10,16,21H,11-15H2,1H3,(H,24,27). The topological polar surface area (TPSA) is 54.5 Å². The maximum absolute atomic E-state index is 12.7. The van der Waals surface area contributed by atoms with Gasteiger partial charge in [-0.3, -0.25) is 9.69 Å². The summed E-state index contributed by atoms with van der Waals surface area (Å²) in [6, 6.07) is 18.2. The Morgan fingerprint density at radius 2 is 1.86 bits per heavy atom. The third-order valence-electron chi connectivity index (χ3n) is 5.14.